The van der Waals surface area contributed by atoms with Gasteiger partial charge in [0, 0.05) is 41.3 Å². The first kappa shape index (κ1) is 18.0. The van der Waals surface area contributed by atoms with Crippen molar-refractivity contribution >= 4 is 5.65 Å². The number of benzene rings is 1. The molecule has 0 fully saturated rings. The Hall–Kier alpha value is -3.35. The predicted molar refractivity (Wildman–Crippen MR) is 101 cm³/mol. The molecule has 0 aliphatic rings. The van der Waals surface area contributed by atoms with Gasteiger partial charge in [0.2, 0.25) is 0 Å². The molecule has 0 saturated heterocycles. The van der Waals surface area contributed by atoms with Gasteiger partial charge in [0.1, 0.15) is 23.7 Å². The molecule has 0 atom stereocenters. The second-order valence-electron chi connectivity index (χ2n) is 6.52. The SMILES string of the molecule is COc1cc(F)cc(F)c1CCc1ccc(-c2ccncc2C)c2nncn12. The molecule has 0 spiro atoms. The number of hydrogen-bond acceptors (Lipinski definition) is 4. The van der Waals surface area contributed by atoms with E-state index in [-0.39, 0.29) is 5.75 Å². The molecule has 5 nitrogen and oxygen atoms in total. The van der Waals surface area contributed by atoms with Crippen molar-refractivity contribution in [2.24, 2.45) is 0 Å². The van der Waals surface area contributed by atoms with Crippen molar-refractivity contribution < 1.29 is 13.5 Å². The van der Waals surface area contributed by atoms with E-state index < -0.39 is 11.6 Å². The van der Waals surface area contributed by atoms with Crippen LogP contribution in [0.3, 0.4) is 0 Å². The number of hydrogen-bond donors (Lipinski definition) is 0. The molecule has 1 aromatic carbocycles. The van der Waals surface area contributed by atoms with Gasteiger partial charge in [0.15, 0.2) is 5.65 Å². The van der Waals surface area contributed by atoms with Crippen LogP contribution in [0.2, 0.25) is 0 Å². The van der Waals surface area contributed by atoms with Gasteiger partial charge in [-0.2, -0.15) is 0 Å². The van der Waals surface area contributed by atoms with Crippen LogP contribution in [0.25, 0.3) is 16.8 Å². The van der Waals surface area contributed by atoms with E-state index in [2.05, 4.69) is 15.2 Å². The Labute approximate surface area is 160 Å². The van der Waals surface area contributed by atoms with Crippen molar-refractivity contribution in [2.45, 2.75) is 19.8 Å². The summed E-state index contributed by atoms with van der Waals surface area (Å²) in [4.78, 5) is 4.13. The Balaban J connectivity index is 1.70. The zero-order valence-corrected chi connectivity index (χ0v) is 15.5. The van der Waals surface area contributed by atoms with E-state index in [0.717, 1.165) is 34.1 Å². The molecule has 0 bridgehead atoms. The third-order valence-corrected chi connectivity index (χ3v) is 4.82. The molecule has 0 aliphatic carbocycles. The van der Waals surface area contributed by atoms with Crippen LogP contribution in [0.15, 0.2) is 49.1 Å². The Morgan fingerprint density at radius 3 is 2.71 bits per heavy atom. The first-order chi connectivity index (χ1) is 13.6. The lowest BCUT2D eigenvalue weighted by atomic mass is 10.0. The van der Waals surface area contributed by atoms with Crippen LogP contribution >= 0.6 is 0 Å². The zero-order chi connectivity index (χ0) is 19.7. The maximum Gasteiger partial charge on any atom is 0.168 e. The Kier molecular flexibility index (Phi) is 4.73. The van der Waals surface area contributed by atoms with Gasteiger partial charge in [-0.25, -0.2) is 8.78 Å². The minimum atomic E-state index is -0.656. The number of aromatic nitrogens is 4. The van der Waals surface area contributed by atoms with Gasteiger partial charge in [-0.15, -0.1) is 10.2 Å². The minimum absolute atomic E-state index is 0.210. The van der Waals surface area contributed by atoms with Gasteiger partial charge in [0.05, 0.1) is 7.11 Å². The summed E-state index contributed by atoms with van der Waals surface area (Å²) in [5.41, 5.74) is 5.01. The first-order valence-corrected chi connectivity index (χ1v) is 8.83. The molecule has 4 aromatic rings. The highest BCUT2D eigenvalue weighted by atomic mass is 19.1. The van der Waals surface area contributed by atoms with E-state index in [1.54, 1.807) is 18.7 Å². The topological polar surface area (TPSA) is 52.3 Å². The molecule has 3 heterocycles. The van der Waals surface area contributed by atoms with Crippen LogP contribution < -0.4 is 4.74 Å². The summed E-state index contributed by atoms with van der Waals surface area (Å²) in [5.74, 6) is -1.06. The number of fused-ring (bicyclic) bond motifs is 1. The molecule has 0 radical (unpaired) electrons. The summed E-state index contributed by atoms with van der Waals surface area (Å²) in [7, 11) is 1.40. The average Bonchev–Trinajstić information content (AvgIpc) is 3.17. The minimum Gasteiger partial charge on any atom is -0.496 e. The molecular weight excluding hydrogens is 362 g/mol. The average molecular weight is 380 g/mol. The van der Waals surface area contributed by atoms with E-state index in [4.69, 9.17) is 4.74 Å². The van der Waals surface area contributed by atoms with Gasteiger partial charge >= 0.3 is 0 Å². The van der Waals surface area contributed by atoms with Crippen LogP contribution in [0.5, 0.6) is 5.75 Å². The maximum absolute atomic E-state index is 14.2. The van der Waals surface area contributed by atoms with Gasteiger partial charge in [-0.1, -0.05) is 0 Å². The summed E-state index contributed by atoms with van der Waals surface area (Å²) >= 11 is 0. The third-order valence-electron chi connectivity index (χ3n) is 4.82. The largest absolute Gasteiger partial charge is 0.496 e. The van der Waals surface area contributed by atoms with Gasteiger partial charge in [0.25, 0.3) is 0 Å². The van der Waals surface area contributed by atoms with Crippen LogP contribution in [0, 0.1) is 18.6 Å². The van der Waals surface area contributed by atoms with Crippen molar-refractivity contribution in [3.05, 3.63) is 77.5 Å². The number of pyridine rings is 2. The molecule has 7 heteroatoms. The standard InChI is InChI=1S/C21H18F2N4O/c1-13-11-24-8-7-16(13)17-5-3-15(27-12-25-26-21(17)27)4-6-18-19(23)9-14(22)10-20(18)28-2/h3,5,7-12H,4,6H2,1-2H3. The number of rotatable bonds is 5. The molecule has 0 N–H and O–H groups in total. The first-order valence-electron chi connectivity index (χ1n) is 8.83. The van der Waals surface area contributed by atoms with E-state index in [9.17, 15) is 8.78 Å². The Bertz CT molecular complexity index is 1160. The van der Waals surface area contributed by atoms with Crippen molar-refractivity contribution in [1.82, 2.24) is 19.6 Å². The molecule has 4 rings (SSSR count). The summed E-state index contributed by atoms with van der Waals surface area (Å²) in [6.07, 6.45) is 6.06. The fraction of sp³-hybridized carbons (Fsp3) is 0.190. The molecule has 0 amide bonds. The monoisotopic (exact) mass is 380 g/mol. The molecule has 28 heavy (non-hydrogen) atoms. The smallest absolute Gasteiger partial charge is 0.168 e. The number of halogens is 2. The van der Waals surface area contributed by atoms with E-state index in [0.29, 0.717) is 18.4 Å². The lowest BCUT2D eigenvalue weighted by molar-refractivity contribution is 0.399. The van der Waals surface area contributed by atoms with Crippen molar-refractivity contribution in [2.75, 3.05) is 7.11 Å². The molecular formula is C21H18F2N4O. The number of aryl methyl sites for hydroxylation is 2. The highest BCUT2D eigenvalue weighted by Crippen LogP contribution is 2.28. The molecule has 0 aliphatic heterocycles. The lowest BCUT2D eigenvalue weighted by Crippen LogP contribution is -2.04. The molecule has 0 saturated carbocycles. The number of nitrogens with zero attached hydrogens (tertiary/aromatic N) is 4. The summed E-state index contributed by atoms with van der Waals surface area (Å²) in [6.45, 7) is 1.99. The van der Waals surface area contributed by atoms with Crippen molar-refractivity contribution in [1.29, 1.82) is 0 Å². The second kappa shape index (κ2) is 7.34. The van der Waals surface area contributed by atoms with Crippen LogP contribution in [-0.2, 0) is 12.8 Å². The normalized spacial score (nSPS) is 11.1. The van der Waals surface area contributed by atoms with Gasteiger partial charge < -0.3 is 4.74 Å². The fourth-order valence-electron chi connectivity index (χ4n) is 3.41. The molecule has 142 valence electrons. The zero-order valence-electron chi connectivity index (χ0n) is 15.5. The summed E-state index contributed by atoms with van der Waals surface area (Å²) in [5, 5.41) is 8.30. The highest BCUT2D eigenvalue weighted by Gasteiger charge is 2.15. The molecule has 0 unspecified atom stereocenters. The molecule has 3 aromatic heterocycles. The Morgan fingerprint density at radius 1 is 1.07 bits per heavy atom. The van der Waals surface area contributed by atoms with E-state index in [1.165, 1.54) is 13.2 Å². The third kappa shape index (κ3) is 3.19. The summed E-state index contributed by atoms with van der Waals surface area (Å²) < 4.78 is 34.7. The fourth-order valence-corrected chi connectivity index (χ4v) is 3.41. The second-order valence-corrected chi connectivity index (χ2v) is 6.52. The summed E-state index contributed by atoms with van der Waals surface area (Å²) in [6, 6.07) is 7.97. The quantitative estimate of drug-likeness (QED) is 0.521. The lowest BCUT2D eigenvalue weighted by Gasteiger charge is -2.12. The van der Waals surface area contributed by atoms with Crippen LogP contribution in [0.1, 0.15) is 16.8 Å². The number of methoxy groups -OCH3 is 1. The van der Waals surface area contributed by atoms with Crippen molar-refractivity contribution in [3.63, 3.8) is 0 Å². The Morgan fingerprint density at radius 2 is 1.93 bits per heavy atom. The predicted octanol–water partition coefficient (Wildman–Crippen LogP) is 4.17. The highest BCUT2D eigenvalue weighted by molar-refractivity contribution is 5.79. The van der Waals surface area contributed by atoms with Gasteiger partial charge in [-0.05, 0) is 49.1 Å². The van der Waals surface area contributed by atoms with E-state index >= 15 is 0 Å². The van der Waals surface area contributed by atoms with Crippen molar-refractivity contribution in [3.8, 4) is 16.9 Å². The number of ether oxygens (including phenoxy) is 1. The van der Waals surface area contributed by atoms with Crippen LogP contribution in [-0.4, -0.2) is 26.7 Å². The van der Waals surface area contributed by atoms with Gasteiger partial charge in [-0.3, -0.25) is 9.38 Å². The maximum atomic E-state index is 14.2. The van der Waals surface area contributed by atoms with Crippen LogP contribution in [0.4, 0.5) is 8.78 Å². The van der Waals surface area contributed by atoms with E-state index in [1.807, 2.05) is 29.5 Å².